The number of halogens is 1. The lowest BCUT2D eigenvalue weighted by molar-refractivity contribution is -0.0196. The SMILES string of the molecule is COc1nc2ccc(S(C)(=O)=O)cc2cc1C(c1ccc(Cl)cc1)C1(O)CCNC(c2ccc3ccccc3c2)C1. The van der Waals surface area contributed by atoms with Crippen LogP contribution in [0.25, 0.3) is 21.7 Å². The van der Waals surface area contributed by atoms with Crippen LogP contribution >= 0.6 is 11.6 Å². The third-order valence-electron chi connectivity index (χ3n) is 8.13. The number of aromatic nitrogens is 1. The van der Waals surface area contributed by atoms with E-state index in [1.54, 1.807) is 25.3 Å². The molecule has 0 spiro atoms. The smallest absolute Gasteiger partial charge is 0.217 e. The lowest BCUT2D eigenvalue weighted by Gasteiger charge is -2.43. The average Bonchev–Trinajstić information content (AvgIpc) is 2.97. The van der Waals surface area contributed by atoms with Crippen molar-refractivity contribution < 1.29 is 18.3 Å². The number of pyridine rings is 1. The van der Waals surface area contributed by atoms with Gasteiger partial charge in [0.1, 0.15) is 0 Å². The van der Waals surface area contributed by atoms with Crippen LogP contribution in [-0.2, 0) is 9.84 Å². The number of nitrogens with zero attached hydrogens (tertiary/aromatic N) is 1. The first-order valence-electron chi connectivity index (χ1n) is 13.5. The van der Waals surface area contributed by atoms with Crippen molar-refractivity contribution in [3.63, 3.8) is 0 Å². The minimum atomic E-state index is -3.42. The van der Waals surface area contributed by atoms with E-state index in [2.05, 4.69) is 35.6 Å². The summed E-state index contributed by atoms with van der Waals surface area (Å²) in [6, 6.07) is 28.8. The van der Waals surface area contributed by atoms with E-state index >= 15 is 0 Å². The summed E-state index contributed by atoms with van der Waals surface area (Å²) < 4.78 is 30.4. The normalized spacial score (nSPS) is 20.2. The number of piperidine rings is 1. The minimum absolute atomic E-state index is 0.0793. The van der Waals surface area contributed by atoms with Gasteiger partial charge in [0, 0.05) is 34.2 Å². The molecule has 41 heavy (non-hydrogen) atoms. The highest BCUT2D eigenvalue weighted by Crippen LogP contribution is 2.47. The summed E-state index contributed by atoms with van der Waals surface area (Å²) in [5.74, 6) is -0.127. The second-order valence-electron chi connectivity index (χ2n) is 10.9. The Morgan fingerprint density at radius 2 is 1.73 bits per heavy atom. The van der Waals surface area contributed by atoms with Crippen molar-refractivity contribution in [2.75, 3.05) is 19.9 Å². The molecule has 5 aromatic rings. The summed E-state index contributed by atoms with van der Waals surface area (Å²) in [5, 5.41) is 19.8. The Hall–Kier alpha value is -3.49. The molecule has 0 amide bonds. The third-order valence-corrected chi connectivity index (χ3v) is 9.50. The van der Waals surface area contributed by atoms with E-state index < -0.39 is 21.4 Å². The summed E-state index contributed by atoms with van der Waals surface area (Å²) in [6.07, 6.45) is 2.13. The number of methoxy groups -OCH3 is 1. The lowest BCUT2D eigenvalue weighted by Crippen LogP contribution is -2.48. The molecule has 1 aliphatic rings. The van der Waals surface area contributed by atoms with Crippen molar-refractivity contribution in [1.82, 2.24) is 10.3 Å². The summed E-state index contributed by atoms with van der Waals surface area (Å²) in [5.41, 5.74) is 2.11. The van der Waals surface area contributed by atoms with Gasteiger partial charge >= 0.3 is 0 Å². The van der Waals surface area contributed by atoms with Gasteiger partial charge in [0.05, 0.1) is 23.1 Å². The second-order valence-corrected chi connectivity index (χ2v) is 13.3. The number of rotatable bonds is 6. The minimum Gasteiger partial charge on any atom is -0.481 e. The Morgan fingerprint density at radius 1 is 0.976 bits per heavy atom. The maximum Gasteiger partial charge on any atom is 0.217 e. The van der Waals surface area contributed by atoms with Crippen molar-refractivity contribution in [1.29, 1.82) is 0 Å². The molecule has 0 bridgehead atoms. The molecule has 0 radical (unpaired) electrons. The number of nitrogens with one attached hydrogen (secondary N) is 1. The summed E-state index contributed by atoms with van der Waals surface area (Å²) >= 11 is 6.26. The monoisotopic (exact) mass is 586 g/mol. The average molecular weight is 587 g/mol. The maximum absolute atomic E-state index is 12.6. The molecule has 1 saturated heterocycles. The van der Waals surface area contributed by atoms with E-state index in [1.807, 2.05) is 42.5 Å². The van der Waals surface area contributed by atoms with Crippen LogP contribution in [0.4, 0.5) is 0 Å². The van der Waals surface area contributed by atoms with E-state index in [4.69, 9.17) is 21.3 Å². The van der Waals surface area contributed by atoms with Gasteiger partial charge in [0.15, 0.2) is 9.84 Å². The molecule has 6 nitrogen and oxygen atoms in total. The molecule has 1 aromatic heterocycles. The van der Waals surface area contributed by atoms with Crippen LogP contribution in [0.1, 0.15) is 41.5 Å². The second kappa shape index (κ2) is 10.7. The predicted molar refractivity (Wildman–Crippen MR) is 164 cm³/mol. The van der Waals surface area contributed by atoms with Gasteiger partial charge in [-0.3, -0.25) is 0 Å². The highest BCUT2D eigenvalue weighted by Gasteiger charge is 2.44. The van der Waals surface area contributed by atoms with Gasteiger partial charge in [-0.25, -0.2) is 13.4 Å². The van der Waals surface area contributed by atoms with E-state index in [0.717, 1.165) is 16.5 Å². The van der Waals surface area contributed by atoms with Crippen molar-refractivity contribution in [2.45, 2.75) is 35.3 Å². The molecule has 0 aliphatic carbocycles. The van der Waals surface area contributed by atoms with Gasteiger partial charge in [0.2, 0.25) is 5.88 Å². The molecule has 1 aliphatic heterocycles. The molecule has 3 unspecified atom stereocenters. The first kappa shape index (κ1) is 27.7. The van der Waals surface area contributed by atoms with Gasteiger partial charge < -0.3 is 15.2 Å². The molecule has 0 saturated carbocycles. The molecule has 8 heteroatoms. The fourth-order valence-corrected chi connectivity index (χ4v) is 6.88. The molecular formula is C33H31ClN2O4S. The number of fused-ring (bicyclic) bond motifs is 2. The highest BCUT2D eigenvalue weighted by molar-refractivity contribution is 7.90. The van der Waals surface area contributed by atoms with E-state index in [9.17, 15) is 13.5 Å². The molecular weight excluding hydrogens is 556 g/mol. The zero-order valence-electron chi connectivity index (χ0n) is 22.8. The van der Waals surface area contributed by atoms with E-state index in [-0.39, 0.29) is 10.9 Å². The Morgan fingerprint density at radius 3 is 2.46 bits per heavy atom. The van der Waals surface area contributed by atoms with E-state index in [0.29, 0.717) is 46.8 Å². The van der Waals surface area contributed by atoms with E-state index in [1.165, 1.54) is 11.6 Å². The van der Waals surface area contributed by atoms with Crippen molar-refractivity contribution in [3.8, 4) is 5.88 Å². The van der Waals surface area contributed by atoms with Gasteiger partial charge in [-0.15, -0.1) is 0 Å². The van der Waals surface area contributed by atoms with Crippen LogP contribution in [0.2, 0.25) is 5.02 Å². The van der Waals surface area contributed by atoms with Gasteiger partial charge in [0.25, 0.3) is 0 Å². The highest BCUT2D eigenvalue weighted by atomic mass is 35.5. The third kappa shape index (κ3) is 5.43. The zero-order chi connectivity index (χ0) is 28.8. The van der Waals surface area contributed by atoms with Crippen LogP contribution in [0.15, 0.2) is 95.9 Å². The van der Waals surface area contributed by atoms with Crippen LogP contribution < -0.4 is 10.1 Å². The first-order valence-corrected chi connectivity index (χ1v) is 15.8. The number of benzene rings is 4. The number of hydrogen-bond donors (Lipinski definition) is 2. The van der Waals surface area contributed by atoms with Crippen LogP contribution in [0.5, 0.6) is 5.88 Å². The molecule has 6 rings (SSSR count). The van der Waals surface area contributed by atoms with Gasteiger partial charge in [-0.2, -0.15) is 0 Å². The number of hydrogen-bond acceptors (Lipinski definition) is 6. The van der Waals surface area contributed by atoms with Crippen LogP contribution in [0, 0.1) is 0 Å². The Balaban J connectivity index is 1.49. The Labute approximate surface area is 244 Å². The van der Waals surface area contributed by atoms with Crippen molar-refractivity contribution >= 4 is 43.1 Å². The van der Waals surface area contributed by atoms with Crippen LogP contribution in [-0.4, -0.2) is 44.0 Å². The maximum atomic E-state index is 12.6. The number of aliphatic hydroxyl groups is 1. The van der Waals surface area contributed by atoms with Crippen molar-refractivity contribution in [3.05, 3.63) is 113 Å². The zero-order valence-corrected chi connectivity index (χ0v) is 24.4. The predicted octanol–water partition coefficient (Wildman–Crippen LogP) is 6.44. The molecule has 2 N–H and O–H groups in total. The fourth-order valence-electron chi connectivity index (χ4n) is 6.10. The molecule has 4 aromatic carbocycles. The first-order chi connectivity index (χ1) is 19.6. The molecule has 2 heterocycles. The lowest BCUT2D eigenvalue weighted by atomic mass is 9.70. The summed E-state index contributed by atoms with van der Waals surface area (Å²) in [4.78, 5) is 4.96. The molecule has 210 valence electrons. The van der Waals surface area contributed by atoms with Gasteiger partial charge in [-0.1, -0.05) is 60.1 Å². The summed E-state index contributed by atoms with van der Waals surface area (Å²) in [6.45, 7) is 0.611. The molecule has 3 atom stereocenters. The number of sulfone groups is 1. The quantitative estimate of drug-likeness (QED) is 0.238. The Kier molecular flexibility index (Phi) is 7.24. The topological polar surface area (TPSA) is 88.5 Å². The van der Waals surface area contributed by atoms with Gasteiger partial charge in [-0.05, 0) is 83.8 Å². The number of ether oxygens (including phenoxy) is 1. The van der Waals surface area contributed by atoms with Crippen LogP contribution in [0.3, 0.4) is 0 Å². The van der Waals surface area contributed by atoms with Crippen molar-refractivity contribution in [2.24, 2.45) is 0 Å². The largest absolute Gasteiger partial charge is 0.481 e. The summed E-state index contributed by atoms with van der Waals surface area (Å²) in [7, 11) is -1.86. The fraction of sp³-hybridized carbons (Fsp3) is 0.242. The standard InChI is InChI=1S/C33H31ClN2O4S/c1-40-32-28(19-25-18-27(41(2,38)39)13-14-29(25)36-32)31(22-9-11-26(34)12-10-22)33(37)15-16-35-30(20-33)24-8-7-21-5-3-4-6-23(21)17-24/h3-14,17-19,30-31,35,37H,15-16,20H2,1-2H3. The Bertz CT molecular complexity index is 1860. The molecule has 1 fully saturated rings.